The zero-order valence-corrected chi connectivity index (χ0v) is 13.4. The Hall–Kier alpha value is -0.120. The first-order valence-corrected chi connectivity index (χ1v) is 8.79. The summed E-state index contributed by atoms with van der Waals surface area (Å²) in [6.07, 6.45) is 11.1. The predicted octanol–water partition coefficient (Wildman–Crippen LogP) is 2.94. The Bertz CT molecular complexity index is 327. The van der Waals surface area contributed by atoms with Gasteiger partial charge in [-0.25, -0.2) is 0 Å². The molecule has 0 aromatic rings. The van der Waals surface area contributed by atoms with Crippen molar-refractivity contribution in [1.29, 1.82) is 0 Å². The van der Waals surface area contributed by atoms with Crippen LogP contribution >= 0.6 is 0 Å². The molecule has 0 aromatic carbocycles. The number of hydrogen-bond donors (Lipinski definition) is 1. The van der Waals surface area contributed by atoms with Crippen molar-refractivity contribution < 1.29 is 4.74 Å². The first kappa shape index (κ1) is 14.8. The van der Waals surface area contributed by atoms with E-state index < -0.39 is 0 Å². The van der Waals surface area contributed by atoms with Gasteiger partial charge >= 0.3 is 0 Å². The van der Waals surface area contributed by atoms with E-state index in [4.69, 9.17) is 4.74 Å². The maximum absolute atomic E-state index is 6.57. The van der Waals surface area contributed by atoms with Crippen LogP contribution in [-0.2, 0) is 4.74 Å². The SMILES string of the molecule is CCC1(C)CNCCN1CC1CCC2(CCCCC2)O1. The first-order chi connectivity index (χ1) is 9.66. The molecule has 3 fully saturated rings. The van der Waals surface area contributed by atoms with Crippen LogP contribution in [0.4, 0.5) is 0 Å². The summed E-state index contributed by atoms with van der Waals surface area (Å²) in [5, 5.41) is 3.56. The molecule has 3 heteroatoms. The van der Waals surface area contributed by atoms with Gasteiger partial charge in [0.1, 0.15) is 0 Å². The third-order valence-corrected chi connectivity index (χ3v) is 6.12. The van der Waals surface area contributed by atoms with Gasteiger partial charge in [0.15, 0.2) is 0 Å². The Morgan fingerprint density at radius 3 is 2.75 bits per heavy atom. The average molecular weight is 280 g/mol. The molecule has 1 saturated carbocycles. The van der Waals surface area contributed by atoms with Crippen LogP contribution in [0.2, 0.25) is 0 Å². The van der Waals surface area contributed by atoms with Gasteiger partial charge in [0.05, 0.1) is 11.7 Å². The maximum atomic E-state index is 6.57. The lowest BCUT2D eigenvalue weighted by Crippen LogP contribution is -2.60. The zero-order chi connectivity index (χ0) is 14.1. The third-order valence-electron chi connectivity index (χ3n) is 6.12. The van der Waals surface area contributed by atoms with Crippen LogP contribution in [0.25, 0.3) is 0 Å². The molecule has 3 nitrogen and oxygen atoms in total. The number of hydrogen-bond acceptors (Lipinski definition) is 3. The van der Waals surface area contributed by atoms with Crippen LogP contribution < -0.4 is 5.32 Å². The largest absolute Gasteiger partial charge is 0.370 e. The smallest absolute Gasteiger partial charge is 0.0710 e. The van der Waals surface area contributed by atoms with Gasteiger partial charge in [-0.05, 0) is 39.0 Å². The molecule has 3 aliphatic rings. The normalized spacial score (nSPS) is 38.4. The summed E-state index contributed by atoms with van der Waals surface area (Å²) in [6, 6.07) is 0. The van der Waals surface area contributed by atoms with Gasteiger partial charge in [0.25, 0.3) is 0 Å². The molecule has 116 valence electrons. The first-order valence-electron chi connectivity index (χ1n) is 8.79. The Morgan fingerprint density at radius 1 is 1.20 bits per heavy atom. The summed E-state index contributed by atoms with van der Waals surface area (Å²) < 4.78 is 6.57. The minimum atomic E-state index is 0.277. The van der Waals surface area contributed by atoms with E-state index in [9.17, 15) is 0 Å². The number of piperazine rings is 1. The summed E-state index contributed by atoms with van der Waals surface area (Å²) in [7, 11) is 0. The predicted molar refractivity (Wildman–Crippen MR) is 83.1 cm³/mol. The molecule has 0 radical (unpaired) electrons. The van der Waals surface area contributed by atoms with Crippen molar-refractivity contribution in [3.05, 3.63) is 0 Å². The highest BCUT2D eigenvalue weighted by atomic mass is 16.5. The van der Waals surface area contributed by atoms with E-state index in [1.54, 1.807) is 0 Å². The Morgan fingerprint density at radius 2 is 2.00 bits per heavy atom. The molecule has 2 atom stereocenters. The third kappa shape index (κ3) is 2.90. The lowest BCUT2D eigenvalue weighted by Gasteiger charge is -2.46. The van der Waals surface area contributed by atoms with Gasteiger partial charge in [0, 0.05) is 31.7 Å². The second kappa shape index (κ2) is 5.94. The van der Waals surface area contributed by atoms with Crippen LogP contribution in [0, 0.1) is 0 Å². The number of nitrogens with one attached hydrogen (secondary N) is 1. The van der Waals surface area contributed by atoms with Crippen LogP contribution in [0.5, 0.6) is 0 Å². The van der Waals surface area contributed by atoms with Crippen molar-refractivity contribution >= 4 is 0 Å². The van der Waals surface area contributed by atoms with E-state index in [0.29, 0.717) is 11.6 Å². The van der Waals surface area contributed by atoms with Gasteiger partial charge in [-0.15, -0.1) is 0 Å². The Balaban J connectivity index is 1.58. The molecule has 1 spiro atoms. The summed E-state index contributed by atoms with van der Waals surface area (Å²) in [5.74, 6) is 0. The minimum Gasteiger partial charge on any atom is -0.370 e. The highest BCUT2D eigenvalue weighted by Gasteiger charge is 2.43. The van der Waals surface area contributed by atoms with Crippen molar-refractivity contribution in [2.75, 3.05) is 26.2 Å². The quantitative estimate of drug-likeness (QED) is 0.860. The molecule has 0 aromatic heterocycles. The summed E-state index contributed by atoms with van der Waals surface area (Å²) in [6.45, 7) is 9.31. The van der Waals surface area contributed by atoms with E-state index in [2.05, 4.69) is 24.1 Å². The number of nitrogens with zero attached hydrogens (tertiary/aromatic N) is 1. The summed E-state index contributed by atoms with van der Waals surface area (Å²) in [5.41, 5.74) is 0.601. The van der Waals surface area contributed by atoms with E-state index in [0.717, 1.165) is 19.6 Å². The highest BCUT2D eigenvalue weighted by Crippen LogP contribution is 2.42. The molecule has 2 unspecified atom stereocenters. The monoisotopic (exact) mass is 280 g/mol. The van der Waals surface area contributed by atoms with Crippen LogP contribution in [0.3, 0.4) is 0 Å². The number of rotatable bonds is 3. The van der Waals surface area contributed by atoms with Crippen molar-refractivity contribution in [3.8, 4) is 0 Å². The minimum absolute atomic E-state index is 0.277. The fraction of sp³-hybridized carbons (Fsp3) is 1.00. The van der Waals surface area contributed by atoms with Gasteiger partial charge < -0.3 is 10.1 Å². The molecular weight excluding hydrogens is 248 g/mol. The van der Waals surface area contributed by atoms with Gasteiger partial charge in [-0.1, -0.05) is 26.2 Å². The average Bonchev–Trinajstić information content (AvgIpc) is 2.85. The van der Waals surface area contributed by atoms with E-state index in [1.165, 1.54) is 57.9 Å². The second-order valence-electron chi connectivity index (χ2n) is 7.50. The standard InChI is InChI=1S/C17H32N2O/c1-3-16(2)14-18-11-12-19(16)13-15-7-10-17(20-15)8-5-4-6-9-17/h15,18H,3-14H2,1-2H3. The van der Waals surface area contributed by atoms with Gasteiger partial charge in [0.2, 0.25) is 0 Å². The lowest BCUT2D eigenvalue weighted by atomic mass is 9.83. The van der Waals surface area contributed by atoms with Crippen LogP contribution in [0.1, 0.15) is 65.2 Å². The van der Waals surface area contributed by atoms with Gasteiger partial charge in [-0.3, -0.25) is 4.90 Å². The molecule has 1 aliphatic carbocycles. The zero-order valence-electron chi connectivity index (χ0n) is 13.4. The molecule has 2 saturated heterocycles. The molecule has 2 aliphatic heterocycles. The Labute approximate surface area is 124 Å². The van der Waals surface area contributed by atoms with Crippen molar-refractivity contribution in [1.82, 2.24) is 10.2 Å². The molecule has 1 N–H and O–H groups in total. The highest BCUT2D eigenvalue weighted by molar-refractivity contribution is 4.96. The van der Waals surface area contributed by atoms with E-state index in [1.807, 2.05) is 0 Å². The molecule has 2 heterocycles. The molecule has 0 bridgehead atoms. The molecule has 3 rings (SSSR count). The molecule has 0 amide bonds. The van der Waals surface area contributed by atoms with Crippen molar-refractivity contribution in [2.45, 2.75) is 82.5 Å². The molecular formula is C17H32N2O. The summed E-state index contributed by atoms with van der Waals surface area (Å²) >= 11 is 0. The Kier molecular flexibility index (Phi) is 4.40. The van der Waals surface area contributed by atoms with E-state index >= 15 is 0 Å². The maximum Gasteiger partial charge on any atom is 0.0710 e. The second-order valence-corrected chi connectivity index (χ2v) is 7.50. The van der Waals surface area contributed by atoms with Crippen LogP contribution in [0.15, 0.2) is 0 Å². The molecule has 20 heavy (non-hydrogen) atoms. The summed E-state index contributed by atoms with van der Waals surface area (Å²) in [4.78, 5) is 2.69. The number of ether oxygens (including phenoxy) is 1. The fourth-order valence-corrected chi connectivity index (χ4v) is 4.45. The topological polar surface area (TPSA) is 24.5 Å². The van der Waals surface area contributed by atoms with E-state index in [-0.39, 0.29) is 5.60 Å². The van der Waals surface area contributed by atoms with Gasteiger partial charge in [-0.2, -0.15) is 0 Å². The van der Waals surface area contributed by atoms with Crippen molar-refractivity contribution in [2.24, 2.45) is 0 Å². The van der Waals surface area contributed by atoms with Crippen LogP contribution in [-0.4, -0.2) is 48.3 Å². The van der Waals surface area contributed by atoms with Crippen molar-refractivity contribution in [3.63, 3.8) is 0 Å². The lowest BCUT2D eigenvalue weighted by molar-refractivity contribution is -0.0829. The fourth-order valence-electron chi connectivity index (χ4n) is 4.45.